The summed E-state index contributed by atoms with van der Waals surface area (Å²) in [6, 6.07) is 1.11. The quantitative estimate of drug-likeness (QED) is 0.680. The molecule has 1 saturated carbocycles. The SMILES string of the molecule is CC1CN(C2CCC(O)CC2)CCC1N. The van der Waals surface area contributed by atoms with Crippen LogP contribution in [-0.2, 0) is 0 Å². The molecule has 1 aliphatic heterocycles. The van der Waals surface area contributed by atoms with Gasteiger partial charge in [0, 0.05) is 18.6 Å². The molecule has 2 unspecified atom stereocenters. The number of nitrogens with two attached hydrogens (primary N) is 1. The molecule has 88 valence electrons. The second kappa shape index (κ2) is 4.81. The summed E-state index contributed by atoms with van der Waals surface area (Å²) < 4.78 is 0. The molecule has 3 heteroatoms. The normalized spacial score (nSPS) is 44.2. The fraction of sp³-hybridized carbons (Fsp3) is 1.00. The lowest BCUT2D eigenvalue weighted by molar-refractivity contribution is 0.0493. The largest absolute Gasteiger partial charge is 0.393 e. The summed E-state index contributed by atoms with van der Waals surface area (Å²) in [6.07, 6.45) is 5.42. The van der Waals surface area contributed by atoms with Gasteiger partial charge in [-0.15, -0.1) is 0 Å². The van der Waals surface area contributed by atoms with Crippen LogP contribution in [0.5, 0.6) is 0 Å². The lowest BCUT2D eigenvalue weighted by atomic mass is 9.88. The van der Waals surface area contributed by atoms with Crippen LogP contribution >= 0.6 is 0 Å². The summed E-state index contributed by atoms with van der Waals surface area (Å²) in [6.45, 7) is 4.57. The molecule has 1 heterocycles. The molecule has 3 N–H and O–H groups in total. The Kier molecular flexibility index (Phi) is 3.65. The molecule has 0 spiro atoms. The minimum Gasteiger partial charge on any atom is -0.393 e. The van der Waals surface area contributed by atoms with E-state index >= 15 is 0 Å². The van der Waals surface area contributed by atoms with Crippen molar-refractivity contribution in [2.24, 2.45) is 11.7 Å². The Morgan fingerprint density at radius 1 is 1.13 bits per heavy atom. The van der Waals surface area contributed by atoms with Gasteiger partial charge in [0.2, 0.25) is 0 Å². The van der Waals surface area contributed by atoms with E-state index in [1.807, 2.05) is 0 Å². The number of nitrogens with zero attached hydrogens (tertiary/aromatic N) is 1. The van der Waals surface area contributed by atoms with Crippen molar-refractivity contribution >= 4 is 0 Å². The number of rotatable bonds is 1. The van der Waals surface area contributed by atoms with Crippen molar-refractivity contribution in [1.29, 1.82) is 0 Å². The van der Waals surface area contributed by atoms with E-state index in [1.165, 1.54) is 12.8 Å². The molecule has 0 aromatic rings. The van der Waals surface area contributed by atoms with Crippen LogP contribution < -0.4 is 5.73 Å². The highest BCUT2D eigenvalue weighted by atomic mass is 16.3. The van der Waals surface area contributed by atoms with E-state index in [-0.39, 0.29) is 6.10 Å². The second-order valence-corrected chi connectivity index (χ2v) is 5.39. The molecule has 0 bridgehead atoms. The second-order valence-electron chi connectivity index (χ2n) is 5.39. The van der Waals surface area contributed by atoms with Crippen molar-refractivity contribution in [1.82, 2.24) is 4.90 Å². The minimum atomic E-state index is -0.0364. The highest BCUT2D eigenvalue weighted by molar-refractivity contribution is 4.86. The van der Waals surface area contributed by atoms with Gasteiger partial charge in [0.25, 0.3) is 0 Å². The maximum atomic E-state index is 9.48. The van der Waals surface area contributed by atoms with Gasteiger partial charge in [-0.25, -0.2) is 0 Å². The topological polar surface area (TPSA) is 49.5 Å². The van der Waals surface area contributed by atoms with Crippen LogP contribution in [0.1, 0.15) is 39.0 Å². The number of piperidine rings is 1. The zero-order valence-electron chi connectivity index (χ0n) is 9.73. The molecule has 0 aromatic carbocycles. The molecule has 15 heavy (non-hydrogen) atoms. The molecule has 3 nitrogen and oxygen atoms in total. The molecule has 2 aliphatic rings. The first-order valence-corrected chi connectivity index (χ1v) is 6.34. The predicted octanol–water partition coefficient (Wildman–Crippen LogP) is 0.959. The third-order valence-corrected chi connectivity index (χ3v) is 4.19. The molecular weight excluding hydrogens is 188 g/mol. The fourth-order valence-corrected chi connectivity index (χ4v) is 2.95. The Balaban J connectivity index is 1.84. The van der Waals surface area contributed by atoms with Crippen molar-refractivity contribution in [2.45, 2.75) is 57.2 Å². The van der Waals surface area contributed by atoms with E-state index < -0.39 is 0 Å². The molecule has 1 aliphatic carbocycles. The van der Waals surface area contributed by atoms with Crippen molar-refractivity contribution in [3.63, 3.8) is 0 Å². The summed E-state index contributed by atoms with van der Waals surface area (Å²) in [5.74, 6) is 0.630. The van der Waals surface area contributed by atoms with Gasteiger partial charge in [0.15, 0.2) is 0 Å². The predicted molar refractivity (Wildman–Crippen MR) is 61.6 cm³/mol. The lowest BCUT2D eigenvalue weighted by Gasteiger charge is -2.42. The van der Waals surface area contributed by atoms with Gasteiger partial charge in [0.05, 0.1) is 6.10 Å². The maximum Gasteiger partial charge on any atom is 0.0541 e. The standard InChI is InChI=1S/C12H24N2O/c1-9-8-14(7-6-12(9)13)10-2-4-11(15)5-3-10/h9-12,15H,2-8,13H2,1H3. The highest BCUT2D eigenvalue weighted by Crippen LogP contribution is 2.26. The van der Waals surface area contributed by atoms with Gasteiger partial charge < -0.3 is 15.7 Å². The van der Waals surface area contributed by atoms with Crippen LogP contribution in [0.15, 0.2) is 0 Å². The van der Waals surface area contributed by atoms with Crippen LogP contribution in [-0.4, -0.2) is 41.3 Å². The van der Waals surface area contributed by atoms with Crippen molar-refractivity contribution in [3.8, 4) is 0 Å². The zero-order chi connectivity index (χ0) is 10.8. The Bertz CT molecular complexity index is 202. The summed E-state index contributed by atoms with van der Waals surface area (Å²) in [5, 5.41) is 9.48. The van der Waals surface area contributed by atoms with E-state index in [0.717, 1.165) is 32.4 Å². The average Bonchev–Trinajstić information content (AvgIpc) is 2.23. The Labute approximate surface area is 92.6 Å². The molecular formula is C12H24N2O. The van der Waals surface area contributed by atoms with Crippen LogP contribution in [0.3, 0.4) is 0 Å². The minimum absolute atomic E-state index is 0.0364. The molecule has 2 atom stereocenters. The van der Waals surface area contributed by atoms with Crippen LogP contribution in [0.2, 0.25) is 0 Å². The van der Waals surface area contributed by atoms with Crippen molar-refractivity contribution in [2.75, 3.05) is 13.1 Å². The molecule has 2 rings (SSSR count). The average molecular weight is 212 g/mol. The number of aliphatic hydroxyl groups excluding tert-OH is 1. The van der Waals surface area contributed by atoms with Gasteiger partial charge >= 0.3 is 0 Å². The van der Waals surface area contributed by atoms with E-state index in [0.29, 0.717) is 18.0 Å². The van der Waals surface area contributed by atoms with E-state index in [2.05, 4.69) is 11.8 Å². The first-order chi connectivity index (χ1) is 7.16. The molecule has 1 saturated heterocycles. The molecule has 0 radical (unpaired) electrons. The first kappa shape index (κ1) is 11.4. The van der Waals surface area contributed by atoms with Gasteiger partial charge in [-0.2, -0.15) is 0 Å². The number of hydrogen-bond donors (Lipinski definition) is 2. The van der Waals surface area contributed by atoms with Gasteiger partial charge in [-0.1, -0.05) is 6.92 Å². The van der Waals surface area contributed by atoms with Gasteiger partial charge in [-0.3, -0.25) is 0 Å². The van der Waals surface area contributed by atoms with Crippen molar-refractivity contribution in [3.05, 3.63) is 0 Å². The summed E-state index contributed by atoms with van der Waals surface area (Å²) in [5.41, 5.74) is 6.03. The Hall–Kier alpha value is -0.120. The maximum absolute atomic E-state index is 9.48. The van der Waals surface area contributed by atoms with E-state index in [1.54, 1.807) is 0 Å². The van der Waals surface area contributed by atoms with Crippen LogP contribution in [0.4, 0.5) is 0 Å². The Morgan fingerprint density at radius 3 is 2.40 bits per heavy atom. The van der Waals surface area contributed by atoms with Gasteiger partial charge in [0.1, 0.15) is 0 Å². The third-order valence-electron chi connectivity index (χ3n) is 4.19. The van der Waals surface area contributed by atoms with E-state index in [9.17, 15) is 5.11 Å². The third kappa shape index (κ3) is 2.71. The van der Waals surface area contributed by atoms with Crippen LogP contribution in [0.25, 0.3) is 0 Å². The summed E-state index contributed by atoms with van der Waals surface area (Å²) in [7, 11) is 0. The highest BCUT2D eigenvalue weighted by Gasteiger charge is 2.30. The Morgan fingerprint density at radius 2 is 1.80 bits per heavy atom. The molecule has 0 aromatic heterocycles. The van der Waals surface area contributed by atoms with E-state index in [4.69, 9.17) is 5.73 Å². The number of aliphatic hydroxyl groups is 1. The number of likely N-dealkylation sites (tertiary alicyclic amines) is 1. The zero-order valence-corrected chi connectivity index (χ0v) is 9.73. The number of hydrogen-bond acceptors (Lipinski definition) is 3. The first-order valence-electron chi connectivity index (χ1n) is 6.34. The lowest BCUT2D eigenvalue weighted by Crippen LogP contribution is -2.50. The van der Waals surface area contributed by atoms with Crippen LogP contribution in [0, 0.1) is 5.92 Å². The monoisotopic (exact) mass is 212 g/mol. The summed E-state index contributed by atoms with van der Waals surface area (Å²) >= 11 is 0. The molecule has 2 fully saturated rings. The fourth-order valence-electron chi connectivity index (χ4n) is 2.95. The smallest absolute Gasteiger partial charge is 0.0541 e. The van der Waals surface area contributed by atoms with Crippen molar-refractivity contribution < 1.29 is 5.11 Å². The molecule has 0 amide bonds. The summed E-state index contributed by atoms with van der Waals surface area (Å²) in [4.78, 5) is 2.60. The van der Waals surface area contributed by atoms with Gasteiger partial charge in [-0.05, 0) is 44.6 Å².